The lowest BCUT2D eigenvalue weighted by Gasteiger charge is -2.47. The predicted molar refractivity (Wildman–Crippen MR) is 70.7 cm³/mol. The molecule has 0 aromatic carbocycles. The molecule has 4 nitrogen and oxygen atoms in total. The van der Waals surface area contributed by atoms with Crippen LogP contribution in [-0.2, 0) is 4.74 Å². The first-order chi connectivity index (χ1) is 8.72. The van der Waals surface area contributed by atoms with Gasteiger partial charge in [0, 0.05) is 43.9 Å². The summed E-state index contributed by atoms with van der Waals surface area (Å²) < 4.78 is 5.64. The molecule has 0 N–H and O–H groups in total. The Morgan fingerprint density at radius 1 is 1.50 bits per heavy atom. The number of amides is 1. The van der Waals surface area contributed by atoms with Crippen LogP contribution in [0.4, 0.5) is 0 Å². The number of rotatable bonds is 2. The van der Waals surface area contributed by atoms with Crippen molar-refractivity contribution in [1.82, 2.24) is 9.88 Å². The third-order valence-electron chi connectivity index (χ3n) is 3.68. The number of ether oxygens (including phenoxy) is 1. The Morgan fingerprint density at radius 3 is 2.83 bits per heavy atom. The molecular weight excluding hydrogens is 248 g/mol. The highest BCUT2D eigenvalue weighted by molar-refractivity contribution is 8.01. The molecule has 2 saturated heterocycles. The van der Waals surface area contributed by atoms with E-state index in [1.54, 1.807) is 31.6 Å². The molecular formula is C13H16N2O2S. The molecule has 1 aromatic heterocycles. The Kier molecular flexibility index (Phi) is 3.03. The summed E-state index contributed by atoms with van der Waals surface area (Å²) in [7, 11) is 1.77. The van der Waals surface area contributed by atoms with Crippen molar-refractivity contribution in [3.63, 3.8) is 0 Å². The summed E-state index contributed by atoms with van der Waals surface area (Å²) in [6, 6.07) is 3.54. The Labute approximate surface area is 111 Å². The van der Waals surface area contributed by atoms with E-state index in [1.807, 2.05) is 16.7 Å². The first-order valence-electron chi connectivity index (χ1n) is 6.08. The van der Waals surface area contributed by atoms with E-state index < -0.39 is 0 Å². The van der Waals surface area contributed by atoms with Gasteiger partial charge in [-0.1, -0.05) is 0 Å². The van der Waals surface area contributed by atoms with Gasteiger partial charge < -0.3 is 9.64 Å². The molecule has 1 aromatic rings. The molecule has 0 bridgehead atoms. The normalized spacial score (nSPS) is 25.2. The van der Waals surface area contributed by atoms with Gasteiger partial charge in [-0.25, -0.2) is 0 Å². The van der Waals surface area contributed by atoms with Gasteiger partial charge in [-0.3, -0.25) is 9.78 Å². The summed E-state index contributed by atoms with van der Waals surface area (Å²) in [5.41, 5.74) is 0.728. The molecule has 2 aliphatic heterocycles. The molecule has 1 spiro atoms. The minimum atomic E-state index is 0.115. The van der Waals surface area contributed by atoms with Crippen LogP contribution in [0.25, 0.3) is 0 Å². The zero-order valence-electron chi connectivity index (χ0n) is 10.3. The van der Waals surface area contributed by atoms with Crippen LogP contribution in [-0.4, -0.2) is 52.6 Å². The zero-order chi connectivity index (χ0) is 12.6. The van der Waals surface area contributed by atoms with E-state index in [1.165, 1.54) is 0 Å². The fraction of sp³-hybridized carbons (Fsp3) is 0.538. The predicted octanol–water partition coefficient (Wildman–Crippen LogP) is 1.43. The number of pyridine rings is 1. The van der Waals surface area contributed by atoms with Crippen molar-refractivity contribution in [2.75, 3.05) is 26.0 Å². The van der Waals surface area contributed by atoms with Crippen LogP contribution in [0.2, 0.25) is 0 Å². The van der Waals surface area contributed by atoms with E-state index in [0.29, 0.717) is 6.10 Å². The number of hydrogen-bond donors (Lipinski definition) is 0. The van der Waals surface area contributed by atoms with Crippen LogP contribution in [0, 0.1) is 0 Å². The van der Waals surface area contributed by atoms with Crippen molar-refractivity contribution >= 4 is 17.7 Å². The van der Waals surface area contributed by atoms with Gasteiger partial charge >= 0.3 is 0 Å². The van der Waals surface area contributed by atoms with E-state index in [0.717, 1.165) is 30.8 Å². The summed E-state index contributed by atoms with van der Waals surface area (Å²) in [5.74, 6) is 1.16. The van der Waals surface area contributed by atoms with Crippen LogP contribution in [0.15, 0.2) is 24.5 Å². The van der Waals surface area contributed by atoms with E-state index in [9.17, 15) is 4.79 Å². The lowest BCUT2D eigenvalue weighted by molar-refractivity contribution is 0.0451. The Balaban J connectivity index is 1.61. The molecule has 18 heavy (non-hydrogen) atoms. The molecule has 0 radical (unpaired) electrons. The van der Waals surface area contributed by atoms with Gasteiger partial charge in [-0.2, -0.15) is 0 Å². The van der Waals surface area contributed by atoms with Crippen molar-refractivity contribution in [2.45, 2.75) is 17.3 Å². The van der Waals surface area contributed by atoms with Crippen LogP contribution >= 0.6 is 11.8 Å². The third-order valence-corrected chi connectivity index (χ3v) is 5.26. The summed E-state index contributed by atoms with van der Waals surface area (Å²) in [6.45, 7) is 1.69. The quantitative estimate of drug-likeness (QED) is 0.810. The van der Waals surface area contributed by atoms with Gasteiger partial charge in [0.1, 0.15) is 0 Å². The van der Waals surface area contributed by atoms with Crippen molar-refractivity contribution in [3.8, 4) is 0 Å². The number of methoxy groups -OCH3 is 1. The van der Waals surface area contributed by atoms with Gasteiger partial charge in [-0.05, 0) is 18.6 Å². The van der Waals surface area contributed by atoms with Crippen LogP contribution in [0.5, 0.6) is 0 Å². The average Bonchev–Trinajstić information content (AvgIpc) is 2.82. The zero-order valence-corrected chi connectivity index (χ0v) is 11.2. The average molecular weight is 264 g/mol. The lowest BCUT2D eigenvalue weighted by atomic mass is 9.92. The third kappa shape index (κ3) is 2.01. The highest BCUT2D eigenvalue weighted by Crippen LogP contribution is 2.46. The number of thioether (sulfide) groups is 1. The van der Waals surface area contributed by atoms with Gasteiger partial charge in [0.15, 0.2) is 0 Å². The number of carbonyl (C=O) groups is 1. The first-order valence-corrected chi connectivity index (χ1v) is 7.07. The maximum Gasteiger partial charge on any atom is 0.254 e. The van der Waals surface area contributed by atoms with Crippen molar-refractivity contribution in [3.05, 3.63) is 30.1 Å². The van der Waals surface area contributed by atoms with Crippen molar-refractivity contribution in [2.24, 2.45) is 0 Å². The minimum absolute atomic E-state index is 0.115. The SMILES string of the molecule is CO[C@@H]1CSC2(C1)CN(C(=O)c1ccncc1)C2. The second-order valence-corrected chi connectivity index (χ2v) is 6.44. The number of likely N-dealkylation sites (tertiary alicyclic amines) is 1. The smallest absolute Gasteiger partial charge is 0.254 e. The van der Waals surface area contributed by atoms with E-state index in [4.69, 9.17) is 4.74 Å². The topological polar surface area (TPSA) is 42.4 Å². The molecule has 1 amide bonds. The largest absolute Gasteiger partial charge is 0.381 e. The number of hydrogen-bond acceptors (Lipinski definition) is 4. The fourth-order valence-corrected chi connectivity index (χ4v) is 4.24. The van der Waals surface area contributed by atoms with Gasteiger partial charge in [0.2, 0.25) is 0 Å². The lowest BCUT2D eigenvalue weighted by Crippen LogP contribution is -2.60. The van der Waals surface area contributed by atoms with E-state index in [2.05, 4.69) is 4.98 Å². The molecule has 0 unspecified atom stereocenters. The Morgan fingerprint density at radius 2 is 2.22 bits per heavy atom. The molecule has 2 aliphatic rings. The molecule has 1 atom stereocenters. The summed E-state index contributed by atoms with van der Waals surface area (Å²) in [5, 5.41) is 0. The minimum Gasteiger partial charge on any atom is -0.381 e. The number of nitrogens with zero attached hydrogens (tertiary/aromatic N) is 2. The maximum atomic E-state index is 12.2. The van der Waals surface area contributed by atoms with Crippen molar-refractivity contribution in [1.29, 1.82) is 0 Å². The molecule has 5 heteroatoms. The molecule has 0 aliphatic carbocycles. The highest BCUT2D eigenvalue weighted by atomic mass is 32.2. The van der Waals surface area contributed by atoms with Crippen LogP contribution in [0.1, 0.15) is 16.8 Å². The van der Waals surface area contributed by atoms with Gasteiger partial charge in [0.05, 0.1) is 10.9 Å². The summed E-state index contributed by atoms with van der Waals surface area (Å²) >= 11 is 1.95. The Bertz CT molecular complexity index is 446. The van der Waals surface area contributed by atoms with Gasteiger partial charge in [-0.15, -0.1) is 11.8 Å². The van der Waals surface area contributed by atoms with Crippen molar-refractivity contribution < 1.29 is 9.53 Å². The van der Waals surface area contributed by atoms with Crippen LogP contribution < -0.4 is 0 Å². The fourth-order valence-electron chi connectivity index (χ4n) is 2.64. The van der Waals surface area contributed by atoms with Gasteiger partial charge in [0.25, 0.3) is 5.91 Å². The molecule has 3 rings (SSSR count). The van der Waals surface area contributed by atoms with E-state index >= 15 is 0 Å². The first kappa shape index (κ1) is 12.0. The Hall–Kier alpha value is -1.07. The number of carbonyl (C=O) groups excluding carboxylic acids is 1. The molecule has 96 valence electrons. The van der Waals surface area contributed by atoms with Crippen LogP contribution in [0.3, 0.4) is 0 Å². The standard InChI is InChI=1S/C13H16N2O2S/c1-17-11-6-13(18-7-11)8-15(9-13)12(16)10-2-4-14-5-3-10/h2-5,11H,6-9H2,1H3/t11-/m0/s1. The second kappa shape index (κ2) is 4.55. The second-order valence-electron chi connectivity index (χ2n) is 4.95. The monoisotopic (exact) mass is 264 g/mol. The molecule has 0 saturated carbocycles. The maximum absolute atomic E-state index is 12.2. The summed E-state index contributed by atoms with van der Waals surface area (Å²) in [6.07, 6.45) is 4.74. The van der Waals surface area contributed by atoms with E-state index in [-0.39, 0.29) is 10.7 Å². The molecule has 2 fully saturated rings. The molecule has 3 heterocycles. The highest BCUT2D eigenvalue weighted by Gasteiger charge is 2.50. The summed E-state index contributed by atoms with van der Waals surface area (Å²) in [4.78, 5) is 18.0. The number of aromatic nitrogens is 1.